The molecule has 0 unspecified atom stereocenters. The van der Waals surface area contributed by atoms with Gasteiger partial charge < -0.3 is 14.2 Å². The van der Waals surface area contributed by atoms with Crippen LogP contribution in [0.15, 0.2) is 0 Å². The van der Waals surface area contributed by atoms with E-state index in [1.807, 2.05) is 0 Å². The first-order valence-corrected chi connectivity index (χ1v) is 19.5. The lowest BCUT2D eigenvalue weighted by atomic mass is 10.0. The van der Waals surface area contributed by atoms with Crippen molar-refractivity contribution in [1.29, 1.82) is 0 Å². The summed E-state index contributed by atoms with van der Waals surface area (Å²) in [5.41, 5.74) is 0. The smallest absolute Gasteiger partial charge is 0.306 e. The van der Waals surface area contributed by atoms with Crippen molar-refractivity contribution in [1.82, 2.24) is 0 Å². The molecule has 6 heteroatoms. The molecule has 0 heterocycles. The summed E-state index contributed by atoms with van der Waals surface area (Å²) in [5.74, 6) is -0.892. The first-order chi connectivity index (χ1) is 22.0. The van der Waals surface area contributed by atoms with Crippen LogP contribution in [0.25, 0.3) is 0 Å². The maximum Gasteiger partial charge on any atom is 0.306 e. The summed E-state index contributed by atoms with van der Waals surface area (Å²) in [7, 11) is 0. The molecule has 0 amide bonds. The van der Waals surface area contributed by atoms with Gasteiger partial charge in [-0.15, -0.1) is 0 Å². The maximum absolute atomic E-state index is 12.4. The molecule has 0 aliphatic rings. The minimum atomic E-state index is -0.753. The van der Waals surface area contributed by atoms with Crippen LogP contribution in [0.3, 0.4) is 0 Å². The topological polar surface area (TPSA) is 78.9 Å². The number of carbonyl (C=O) groups excluding carboxylic acids is 3. The average molecular weight is 639 g/mol. The number of rotatable bonds is 35. The molecule has 0 aliphatic carbocycles. The van der Waals surface area contributed by atoms with Crippen molar-refractivity contribution in [2.45, 2.75) is 219 Å². The van der Waals surface area contributed by atoms with Crippen LogP contribution in [0.2, 0.25) is 0 Å². The average Bonchev–Trinajstić information content (AvgIpc) is 3.03. The predicted molar refractivity (Wildman–Crippen MR) is 187 cm³/mol. The third-order valence-electron chi connectivity index (χ3n) is 8.61. The van der Waals surface area contributed by atoms with E-state index in [0.29, 0.717) is 19.3 Å². The zero-order valence-electron chi connectivity index (χ0n) is 30.2. The van der Waals surface area contributed by atoms with Gasteiger partial charge in [0.05, 0.1) is 0 Å². The fraction of sp³-hybridized carbons (Fsp3) is 0.923. The van der Waals surface area contributed by atoms with E-state index in [9.17, 15) is 14.4 Å². The lowest BCUT2D eigenvalue weighted by Gasteiger charge is -2.18. The van der Waals surface area contributed by atoms with E-state index in [4.69, 9.17) is 14.2 Å². The van der Waals surface area contributed by atoms with Gasteiger partial charge in [0.15, 0.2) is 6.10 Å². The summed E-state index contributed by atoms with van der Waals surface area (Å²) in [6, 6.07) is 0. The molecule has 0 aromatic heterocycles. The van der Waals surface area contributed by atoms with Gasteiger partial charge in [0.2, 0.25) is 0 Å². The van der Waals surface area contributed by atoms with Crippen LogP contribution in [-0.4, -0.2) is 37.2 Å². The molecule has 266 valence electrons. The molecular formula is C39H74O6. The molecule has 0 rings (SSSR count). The van der Waals surface area contributed by atoms with Crippen molar-refractivity contribution in [3.63, 3.8) is 0 Å². The van der Waals surface area contributed by atoms with Crippen LogP contribution in [0.5, 0.6) is 0 Å². The Morgan fingerprint density at radius 2 is 0.600 bits per heavy atom. The van der Waals surface area contributed by atoms with Crippen molar-refractivity contribution >= 4 is 17.9 Å². The molecule has 0 N–H and O–H groups in total. The minimum absolute atomic E-state index is 0.0663. The van der Waals surface area contributed by atoms with Gasteiger partial charge in [-0.25, -0.2) is 0 Å². The number of esters is 3. The van der Waals surface area contributed by atoms with Crippen LogP contribution in [0, 0.1) is 0 Å². The summed E-state index contributed by atoms with van der Waals surface area (Å²) in [6.45, 7) is 6.46. The van der Waals surface area contributed by atoms with Crippen LogP contribution < -0.4 is 0 Å². The highest BCUT2D eigenvalue weighted by atomic mass is 16.6. The molecule has 0 aromatic carbocycles. The molecule has 0 saturated heterocycles. The Hall–Kier alpha value is -1.59. The van der Waals surface area contributed by atoms with Gasteiger partial charge in [0.25, 0.3) is 0 Å². The first-order valence-electron chi connectivity index (χ1n) is 19.5. The minimum Gasteiger partial charge on any atom is -0.462 e. The van der Waals surface area contributed by atoms with Crippen molar-refractivity contribution in [3.05, 3.63) is 0 Å². The number of unbranched alkanes of at least 4 members (excludes halogenated alkanes) is 24. The van der Waals surface area contributed by atoms with E-state index in [1.54, 1.807) is 0 Å². The first kappa shape index (κ1) is 43.4. The number of carbonyl (C=O) groups is 3. The van der Waals surface area contributed by atoms with Gasteiger partial charge in [-0.3, -0.25) is 14.4 Å². The van der Waals surface area contributed by atoms with Crippen molar-refractivity contribution in [2.75, 3.05) is 13.2 Å². The molecule has 0 aromatic rings. The fourth-order valence-corrected chi connectivity index (χ4v) is 5.62. The van der Waals surface area contributed by atoms with Crippen molar-refractivity contribution in [2.24, 2.45) is 0 Å². The summed E-state index contributed by atoms with van der Waals surface area (Å²) < 4.78 is 16.4. The lowest BCUT2D eigenvalue weighted by Crippen LogP contribution is -2.30. The Labute approximate surface area is 278 Å². The van der Waals surface area contributed by atoms with E-state index >= 15 is 0 Å². The molecule has 0 fully saturated rings. The predicted octanol–water partition coefficient (Wildman–Crippen LogP) is 11.7. The Kier molecular flexibility index (Phi) is 34.0. The highest BCUT2D eigenvalue weighted by molar-refractivity contribution is 5.71. The van der Waals surface area contributed by atoms with Crippen molar-refractivity contribution < 1.29 is 28.6 Å². The van der Waals surface area contributed by atoms with Crippen molar-refractivity contribution in [3.8, 4) is 0 Å². The fourth-order valence-electron chi connectivity index (χ4n) is 5.62. The number of ether oxygens (including phenoxy) is 3. The summed E-state index contributed by atoms with van der Waals surface area (Å²) >= 11 is 0. The molecule has 0 saturated carbocycles. The molecule has 0 aliphatic heterocycles. The quantitative estimate of drug-likeness (QED) is 0.0390. The Morgan fingerprint density at radius 1 is 0.356 bits per heavy atom. The maximum atomic E-state index is 12.4. The molecule has 0 bridgehead atoms. The lowest BCUT2D eigenvalue weighted by molar-refractivity contribution is -0.167. The van der Waals surface area contributed by atoms with Crippen LogP contribution in [-0.2, 0) is 28.6 Å². The van der Waals surface area contributed by atoms with Gasteiger partial charge in [0, 0.05) is 19.3 Å². The zero-order chi connectivity index (χ0) is 33.1. The summed E-state index contributed by atoms with van der Waals surface area (Å²) in [4.78, 5) is 36.9. The van der Waals surface area contributed by atoms with E-state index in [-0.39, 0.29) is 31.1 Å². The highest BCUT2D eigenvalue weighted by Crippen LogP contribution is 2.15. The second-order valence-corrected chi connectivity index (χ2v) is 13.2. The molecule has 6 nitrogen and oxygen atoms in total. The van der Waals surface area contributed by atoms with E-state index in [1.165, 1.54) is 103 Å². The van der Waals surface area contributed by atoms with Crippen LogP contribution in [0.4, 0.5) is 0 Å². The Morgan fingerprint density at radius 3 is 0.889 bits per heavy atom. The SMILES string of the molecule is CCCCCCCCCCCCCCCCCCCC(=O)OC[C@H](COC(=O)CCCCCCC)OC(=O)CCCCCCC. The van der Waals surface area contributed by atoms with E-state index in [2.05, 4.69) is 20.8 Å². The second-order valence-electron chi connectivity index (χ2n) is 13.2. The number of hydrogen-bond donors (Lipinski definition) is 0. The summed E-state index contributed by atoms with van der Waals surface area (Å²) in [6.07, 6.45) is 32.9. The van der Waals surface area contributed by atoms with Gasteiger partial charge in [0.1, 0.15) is 13.2 Å². The largest absolute Gasteiger partial charge is 0.462 e. The van der Waals surface area contributed by atoms with Crippen LogP contribution >= 0.6 is 0 Å². The third kappa shape index (κ3) is 33.6. The van der Waals surface area contributed by atoms with Gasteiger partial charge in [-0.2, -0.15) is 0 Å². The molecular weight excluding hydrogens is 564 g/mol. The summed E-state index contributed by atoms with van der Waals surface area (Å²) in [5, 5.41) is 0. The van der Waals surface area contributed by atoms with Gasteiger partial charge >= 0.3 is 17.9 Å². The van der Waals surface area contributed by atoms with Gasteiger partial charge in [-0.1, -0.05) is 175 Å². The van der Waals surface area contributed by atoms with Gasteiger partial charge in [-0.05, 0) is 19.3 Å². The normalized spacial score (nSPS) is 11.8. The molecule has 45 heavy (non-hydrogen) atoms. The second kappa shape index (κ2) is 35.3. The Bertz CT molecular complexity index is 664. The monoisotopic (exact) mass is 639 g/mol. The van der Waals surface area contributed by atoms with E-state index in [0.717, 1.165) is 70.6 Å². The van der Waals surface area contributed by atoms with Crippen LogP contribution in [0.1, 0.15) is 213 Å². The zero-order valence-corrected chi connectivity index (χ0v) is 30.2. The standard InChI is InChI=1S/C39H74O6/c1-4-7-10-13-14-15-16-17-18-19-20-21-22-23-24-27-29-32-38(41)44-35-36(45-39(42)33-30-26-12-9-6-3)34-43-37(40)31-28-25-11-8-5-2/h36H,4-35H2,1-3H3/t36-/m0/s1. The molecule has 1 atom stereocenters. The van der Waals surface area contributed by atoms with E-state index < -0.39 is 6.10 Å². The molecule has 0 radical (unpaired) electrons. The third-order valence-corrected chi connectivity index (χ3v) is 8.61. The highest BCUT2D eigenvalue weighted by Gasteiger charge is 2.19. The Balaban J connectivity index is 4.03. The number of hydrogen-bond acceptors (Lipinski definition) is 6. The molecule has 0 spiro atoms.